The van der Waals surface area contributed by atoms with E-state index in [2.05, 4.69) is 38.8 Å². The number of aryl methyl sites for hydroxylation is 2. The molecule has 0 N–H and O–H groups in total. The van der Waals surface area contributed by atoms with Crippen LogP contribution in [0.1, 0.15) is 17.2 Å². The minimum atomic E-state index is 0.381. The van der Waals surface area contributed by atoms with Crippen LogP contribution in [-0.4, -0.2) is 24.3 Å². The topological polar surface area (TPSA) is 48.5 Å². The van der Waals surface area contributed by atoms with Gasteiger partial charge in [0.25, 0.3) is 0 Å². The largest absolute Gasteiger partial charge is 0.319 e. The number of rotatable bonds is 3. The van der Waals surface area contributed by atoms with Crippen LogP contribution in [-0.2, 0) is 19.5 Å². The molecule has 0 spiro atoms. The van der Waals surface area contributed by atoms with Crippen molar-refractivity contribution >= 4 is 22.6 Å². The Morgan fingerprint density at radius 1 is 1.26 bits per heavy atom. The first-order valence-electron chi connectivity index (χ1n) is 6.04. The summed E-state index contributed by atoms with van der Waals surface area (Å²) in [5, 5.41) is 8.02. The molecule has 0 radical (unpaired) electrons. The summed E-state index contributed by atoms with van der Waals surface area (Å²) in [6.45, 7) is 2.68. The van der Waals surface area contributed by atoms with Gasteiger partial charge in [0, 0.05) is 7.05 Å². The Morgan fingerprint density at radius 2 is 2.11 bits per heavy atom. The molecule has 3 rings (SSSR count). The van der Waals surface area contributed by atoms with Crippen molar-refractivity contribution < 1.29 is 0 Å². The first-order valence-corrected chi connectivity index (χ1v) is 6.57. The van der Waals surface area contributed by atoms with Crippen LogP contribution in [0.5, 0.6) is 0 Å². The first kappa shape index (κ1) is 12.2. The van der Waals surface area contributed by atoms with Crippen LogP contribution in [0.3, 0.4) is 0 Å². The summed E-state index contributed by atoms with van der Waals surface area (Å²) < 4.78 is 4.00. The lowest BCUT2D eigenvalue weighted by Gasteiger charge is -2.07. The molecule has 2 aromatic heterocycles. The molecule has 0 aliphatic rings. The third-order valence-corrected chi connectivity index (χ3v) is 3.52. The summed E-state index contributed by atoms with van der Waals surface area (Å²) in [7, 11) is 1.93. The van der Waals surface area contributed by atoms with E-state index in [0.29, 0.717) is 12.4 Å². The highest BCUT2D eigenvalue weighted by Crippen LogP contribution is 2.21. The van der Waals surface area contributed by atoms with Gasteiger partial charge in [0.2, 0.25) is 0 Å². The molecular formula is C13H14ClN5. The Labute approximate surface area is 115 Å². The van der Waals surface area contributed by atoms with Gasteiger partial charge in [0.15, 0.2) is 5.82 Å². The lowest BCUT2D eigenvalue weighted by molar-refractivity contribution is 0.691. The Morgan fingerprint density at radius 3 is 2.79 bits per heavy atom. The molecular weight excluding hydrogens is 262 g/mol. The number of fused-ring (bicyclic) bond motifs is 1. The molecule has 1 aromatic carbocycles. The van der Waals surface area contributed by atoms with E-state index in [-0.39, 0.29) is 0 Å². The fourth-order valence-electron chi connectivity index (χ4n) is 2.21. The fourth-order valence-corrected chi connectivity index (χ4v) is 2.41. The molecule has 0 fully saturated rings. The molecule has 0 amide bonds. The van der Waals surface area contributed by atoms with Crippen molar-refractivity contribution in [1.29, 1.82) is 0 Å². The highest BCUT2D eigenvalue weighted by Gasteiger charge is 2.13. The van der Waals surface area contributed by atoms with Crippen LogP contribution in [0, 0.1) is 6.92 Å². The van der Waals surface area contributed by atoms with Gasteiger partial charge in [-0.15, -0.1) is 21.8 Å². The second kappa shape index (κ2) is 4.66. The van der Waals surface area contributed by atoms with Crippen LogP contribution in [0.25, 0.3) is 11.0 Å². The van der Waals surface area contributed by atoms with Crippen LogP contribution < -0.4 is 0 Å². The normalized spacial score (nSPS) is 11.3. The maximum atomic E-state index is 6.01. The molecule has 0 aliphatic carbocycles. The molecule has 2 heterocycles. The maximum Gasteiger partial charge on any atom is 0.152 e. The Balaban J connectivity index is 2.16. The van der Waals surface area contributed by atoms with Gasteiger partial charge in [-0.05, 0) is 18.6 Å². The average molecular weight is 276 g/mol. The number of benzene rings is 1. The van der Waals surface area contributed by atoms with Crippen molar-refractivity contribution in [3.05, 3.63) is 41.7 Å². The summed E-state index contributed by atoms with van der Waals surface area (Å²) in [5.74, 6) is 2.12. The quantitative estimate of drug-likeness (QED) is 0.689. The van der Waals surface area contributed by atoms with Crippen LogP contribution in [0.4, 0.5) is 0 Å². The summed E-state index contributed by atoms with van der Waals surface area (Å²) in [6.07, 6.45) is 1.69. The number of halogens is 1. The van der Waals surface area contributed by atoms with Gasteiger partial charge >= 0.3 is 0 Å². The maximum absolute atomic E-state index is 6.01. The number of nitrogens with zero attached hydrogens (tertiary/aromatic N) is 5. The van der Waals surface area contributed by atoms with Crippen molar-refractivity contribution in [1.82, 2.24) is 24.3 Å². The van der Waals surface area contributed by atoms with Crippen molar-refractivity contribution in [3.63, 3.8) is 0 Å². The summed E-state index contributed by atoms with van der Waals surface area (Å²) in [6, 6.07) is 6.15. The van der Waals surface area contributed by atoms with Crippen LogP contribution in [0.15, 0.2) is 24.5 Å². The van der Waals surface area contributed by atoms with Crippen molar-refractivity contribution in [2.24, 2.45) is 7.05 Å². The predicted molar refractivity (Wildman–Crippen MR) is 74.1 cm³/mol. The van der Waals surface area contributed by atoms with E-state index >= 15 is 0 Å². The molecule has 0 atom stereocenters. The summed E-state index contributed by atoms with van der Waals surface area (Å²) >= 11 is 6.01. The Bertz CT molecular complexity index is 728. The predicted octanol–water partition coefficient (Wildman–Crippen LogP) is 2.26. The molecule has 19 heavy (non-hydrogen) atoms. The van der Waals surface area contributed by atoms with E-state index in [4.69, 9.17) is 11.6 Å². The lowest BCUT2D eigenvalue weighted by Crippen LogP contribution is -2.08. The van der Waals surface area contributed by atoms with Gasteiger partial charge in [0.1, 0.15) is 12.2 Å². The zero-order chi connectivity index (χ0) is 13.4. The number of hydrogen-bond acceptors (Lipinski definition) is 3. The fraction of sp³-hybridized carbons (Fsp3) is 0.308. The van der Waals surface area contributed by atoms with Crippen molar-refractivity contribution in [2.75, 3.05) is 0 Å². The SMILES string of the molecule is Cc1cccc2c1nc(CCl)n2Cc1nncn1C. The molecule has 0 saturated carbocycles. The molecule has 0 unspecified atom stereocenters. The van der Waals surface area contributed by atoms with Gasteiger partial charge in [-0.25, -0.2) is 4.98 Å². The zero-order valence-electron chi connectivity index (χ0n) is 10.8. The molecule has 0 saturated heterocycles. The number of imidazole rings is 1. The van der Waals surface area contributed by atoms with Crippen molar-refractivity contribution in [3.8, 4) is 0 Å². The van der Waals surface area contributed by atoms with Crippen molar-refractivity contribution in [2.45, 2.75) is 19.3 Å². The highest BCUT2D eigenvalue weighted by atomic mass is 35.5. The third-order valence-electron chi connectivity index (χ3n) is 3.28. The van der Waals surface area contributed by atoms with E-state index in [0.717, 1.165) is 28.2 Å². The minimum absolute atomic E-state index is 0.381. The van der Waals surface area contributed by atoms with E-state index < -0.39 is 0 Å². The number of para-hydroxylation sites is 1. The van der Waals surface area contributed by atoms with Gasteiger partial charge in [0.05, 0.1) is 23.5 Å². The Kier molecular flexibility index (Phi) is 2.98. The van der Waals surface area contributed by atoms with Gasteiger partial charge in [-0.1, -0.05) is 12.1 Å². The minimum Gasteiger partial charge on any atom is -0.319 e. The van der Waals surface area contributed by atoms with Crippen LogP contribution >= 0.6 is 11.6 Å². The molecule has 6 heteroatoms. The van der Waals surface area contributed by atoms with E-state index in [1.165, 1.54) is 0 Å². The van der Waals surface area contributed by atoms with E-state index in [1.807, 2.05) is 17.7 Å². The zero-order valence-corrected chi connectivity index (χ0v) is 11.6. The molecule has 0 aliphatic heterocycles. The highest BCUT2D eigenvalue weighted by molar-refractivity contribution is 6.16. The van der Waals surface area contributed by atoms with Gasteiger partial charge in [-0.2, -0.15) is 0 Å². The second-order valence-corrected chi connectivity index (χ2v) is 4.82. The van der Waals surface area contributed by atoms with E-state index in [1.54, 1.807) is 6.33 Å². The number of aromatic nitrogens is 5. The molecule has 5 nitrogen and oxygen atoms in total. The standard InChI is InChI=1S/C13H14ClN5/c1-9-4-3-5-10-13(9)16-11(6-14)19(10)7-12-17-15-8-18(12)2/h3-5,8H,6-7H2,1-2H3. The summed E-state index contributed by atoms with van der Waals surface area (Å²) in [5.41, 5.74) is 3.24. The van der Waals surface area contributed by atoms with Gasteiger partial charge < -0.3 is 9.13 Å². The average Bonchev–Trinajstić information content (AvgIpc) is 2.96. The molecule has 98 valence electrons. The van der Waals surface area contributed by atoms with Gasteiger partial charge in [-0.3, -0.25) is 0 Å². The number of hydrogen-bond donors (Lipinski definition) is 0. The van der Waals surface area contributed by atoms with Crippen LogP contribution in [0.2, 0.25) is 0 Å². The smallest absolute Gasteiger partial charge is 0.152 e. The number of alkyl halides is 1. The third kappa shape index (κ3) is 2.00. The monoisotopic (exact) mass is 275 g/mol. The lowest BCUT2D eigenvalue weighted by atomic mass is 10.2. The van der Waals surface area contributed by atoms with E-state index in [9.17, 15) is 0 Å². The second-order valence-electron chi connectivity index (χ2n) is 4.55. The molecule has 3 aromatic rings. The molecule has 0 bridgehead atoms. The summed E-state index contributed by atoms with van der Waals surface area (Å²) in [4.78, 5) is 4.61. The Hall–Kier alpha value is -1.88. The first-order chi connectivity index (χ1) is 9.20.